The Kier molecular flexibility index (Phi) is 3.56. The number of aliphatic hydroxyl groups is 1. The number of amides is 1. The molecule has 1 heterocycles. The molecule has 1 fully saturated rings. The summed E-state index contributed by atoms with van der Waals surface area (Å²) in [6, 6.07) is 6.03. The second-order valence-electron chi connectivity index (χ2n) is 7.11. The number of nitrogens with zero attached hydrogens (tertiary/aromatic N) is 1. The lowest BCUT2D eigenvalue weighted by Crippen LogP contribution is -2.33. The van der Waals surface area contributed by atoms with Crippen LogP contribution in [0.3, 0.4) is 0 Å². The van der Waals surface area contributed by atoms with E-state index >= 15 is 0 Å². The van der Waals surface area contributed by atoms with Crippen LogP contribution in [-0.2, 0) is 10.2 Å². The molecule has 3 rings (SSSR count). The number of rotatable bonds is 2. The first-order valence-electron chi connectivity index (χ1n) is 8.03. The molecule has 2 aliphatic rings. The number of fused-ring (bicyclic) bond motifs is 1. The summed E-state index contributed by atoms with van der Waals surface area (Å²) in [6.07, 6.45) is 5.56. The Bertz CT molecular complexity index is 558. The average Bonchev–Trinajstić information content (AvgIpc) is 2.68. The minimum atomic E-state index is -0.494. The fourth-order valence-electron chi connectivity index (χ4n) is 3.90. The van der Waals surface area contributed by atoms with E-state index in [0.29, 0.717) is 5.92 Å². The molecule has 0 saturated heterocycles. The van der Waals surface area contributed by atoms with Crippen LogP contribution in [0.25, 0.3) is 0 Å². The Morgan fingerprint density at radius 3 is 2.57 bits per heavy atom. The number of hydrogen-bond acceptors (Lipinski definition) is 2. The first kappa shape index (κ1) is 14.6. The topological polar surface area (TPSA) is 40.5 Å². The minimum Gasteiger partial charge on any atom is -0.388 e. The molecule has 1 N–H and O–H groups in total. The highest BCUT2D eigenvalue weighted by Gasteiger charge is 2.42. The van der Waals surface area contributed by atoms with E-state index in [0.717, 1.165) is 29.7 Å². The van der Waals surface area contributed by atoms with E-state index in [1.165, 1.54) is 19.3 Å². The van der Waals surface area contributed by atoms with E-state index in [1.807, 2.05) is 33.0 Å². The summed E-state index contributed by atoms with van der Waals surface area (Å²) in [5, 5.41) is 10.7. The molecule has 3 heteroatoms. The predicted octanol–water partition coefficient (Wildman–Crippen LogP) is 3.55. The molecule has 1 amide bonds. The Morgan fingerprint density at radius 1 is 1.24 bits per heavy atom. The maximum Gasteiger partial charge on any atom is 0.236 e. The molecule has 0 spiro atoms. The van der Waals surface area contributed by atoms with Crippen molar-refractivity contribution in [2.45, 2.75) is 57.5 Å². The van der Waals surface area contributed by atoms with Gasteiger partial charge < -0.3 is 10.0 Å². The van der Waals surface area contributed by atoms with Crippen LogP contribution in [0.4, 0.5) is 5.69 Å². The number of benzene rings is 1. The lowest BCUT2D eigenvalue weighted by molar-refractivity contribution is -0.121. The van der Waals surface area contributed by atoms with Gasteiger partial charge in [0.1, 0.15) is 0 Å². The van der Waals surface area contributed by atoms with Crippen molar-refractivity contribution in [1.29, 1.82) is 0 Å². The van der Waals surface area contributed by atoms with Crippen LogP contribution in [-0.4, -0.2) is 18.1 Å². The van der Waals surface area contributed by atoms with Gasteiger partial charge in [-0.15, -0.1) is 0 Å². The van der Waals surface area contributed by atoms with E-state index in [4.69, 9.17) is 0 Å². The molecule has 21 heavy (non-hydrogen) atoms. The Hall–Kier alpha value is -1.35. The van der Waals surface area contributed by atoms with E-state index in [2.05, 4.69) is 6.07 Å². The van der Waals surface area contributed by atoms with Gasteiger partial charge in [0.15, 0.2) is 0 Å². The van der Waals surface area contributed by atoms with Gasteiger partial charge in [0.2, 0.25) is 5.91 Å². The first-order valence-corrected chi connectivity index (χ1v) is 8.03. The lowest BCUT2D eigenvalue weighted by atomic mass is 9.80. The molecular formula is C18H25NO2. The predicted molar refractivity (Wildman–Crippen MR) is 84.4 cm³/mol. The highest BCUT2D eigenvalue weighted by Crippen LogP contribution is 2.43. The fourth-order valence-corrected chi connectivity index (χ4v) is 3.90. The van der Waals surface area contributed by atoms with Crippen molar-refractivity contribution in [1.82, 2.24) is 0 Å². The average molecular weight is 287 g/mol. The Labute approximate surface area is 127 Å². The summed E-state index contributed by atoms with van der Waals surface area (Å²) in [7, 11) is 1.83. The zero-order valence-electron chi connectivity index (χ0n) is 13.2. The van der Waals surface area contributed by atoms with Crippen LogP contribution in [0, 0.1) is 5.92 Å². The SMILES string of the molecule is CN1C(=O)C(C)(C)c2cc(C(O)C3CCCCC3)ccc21. The van der Waals surface area contributed by atoms with E-state index in [-0.39, 0.29) is 5.91 Å². The number of aliphatic hydroxyl groups excluding tert-OH is 1. The zero-order valence-corrected chi connectivity index (χ0v) is 13.2. The van der Waals surface area contributed by atoms with E-state index in [9.17, 15) is 9.90 Å². The molecule has 1 aliphatic carbocycles. The van der Waals surface area contributed by atoms with Crippen molar-refractivity contribution >= 4 is 11.6 Å². The summed E-state index contributed by atoms with van der Waals surface area (Å²) in [6.45, 7) is 3.93. The van der Waals surface area contributed by atoms with Crippen molar-refractivity contribution in [3.63, 3.8) is 0 Å². The third-order valence-corrected chi connectivity index (χ3v) is 5.33. The molecule has 1 aromatic carbocycles. The van der Waals surface area contributed by atoms with Crippen LogP contribution in [0.5, 0.6) is 0 Å². The second-order valence-corrected chi connectivity index (χ2v) is 7.11. The summed E-state index contributed by atoms with van der Waals surface area (Å²) >= 11 is 0. The molecule has 1 saturated carbocycles. The largest absolute Gasteiger partial charge is 0.388 e. The molecule has 0 bridgehead atoms. The normalized spacial score (nSPS) is 23.2. The molecule has 1 unspecified atom stereocenters. The van der Waals surface area contributed by atoms with Crippen molar-refractivity contribution in [3.05, 3.63) is 29.3 Å². The van der Waals surface area contributed by atoms with Gasteiger partial charge in [0.05, 0.1) is 11.5 Å². The summed E-state index contributed by atoms with van der Waals surface area (Å²) in [4.78, 5) is 14.1. The molecule has 114 valence electrons. The van der Waals surface area contributed by atoms with Crippen molar-refractivity contribution in [3.8, 4) is 0 Å². The number of carbonyl (C=O) groups is 1. The third-order valence-electron chi connectivity index (χ3n) is 5.33. The minimum absolute atomic E-state index is 0.127. The molecule has 1 aromatic rings. The number of likely N-dealkylation sites (N-methyl/N-ethyl adjacent to an activating group) is 1. The summed E-state index contributed by atoms with van der Waals surface area (Å²) in [5.41, 5.74) is 2.50. The molecule has 3 nitrogen and oxygen atoms in total. The van der Waals surface area contributed by atoms with Gasteiger partial charge in [-0.3, -0.25) is 4.79 Å². The quantitative estimate of drug-likeness (QED) is 0.903. The monoisotopic (exact) mass is 287 g/mol. The highest BCUT2D eigenvalue weighted by atomic mass is 16.3. The Balaban J connectivity index is 1.93. The van der Waals surface area contributed by atoms with Crippen LogP contribution >= 0.6 is 0 Å². The molecule has 0 aromatic heterocycles. The number of carbonyl (C=O) groups excluding carboxylic acids is 1. The number of hydrogen-bond donors (Lipinski definition) is 1. The molecular weight excluding hydrogens is 262 g/mol. The van der Waals surface area contributed by atoms with Crippen LogP contribution < -0.4 is 4.90 Å². The first-order chi connectivity index (χ1) is 9.93. The highest BCUT2D eigenvalue weighted by molar-refractivity contribution is 6.07. The second kappa shape index (κ2) is 5.13. The summed E-state index contributed by atoms with van der Waals surface area (Å²) in [5.74, 6) is 0.497. The fraction of sp³-hybridized carbons (Fsp3) is 0.611. The maximum atomic E-state index is 12.3. The van der Waals surface area contributed by atoms with Crippen LogP contribution in [0.2, 0.25) is 0 Å². The third kappa shape index (κ3) is 2.28. The zero-order chi connectivity index (χ0) is 15.2. The van der Waals surface area contributed by atoms with E-state index in [1.54, 1.807) is 4.90 Å². The summed E-state index contributed by atoms with van der Waals surface area (Å²) < 4.78 is 0. The standard InChI is InChI=1S/C18H25NO2/c1-18(2)14-11-13(9-10-15(14)19(3)17(18)21)16(20)12-7-5-4-6-8-12/h9-12,16,20H,4-8H2,1-3H3. The van der Waals surface area contributed by atoms with Gasteiger partial charge in [-0.2, -0.15) is 0 Å². The van der Waals surface area contributed by atoms with Gasteiger partial charge in [-0.1, -0.05) is 31.4 Å². The van der Waals surface area contributed by atoms with Crippen molar-refractivity contribution in [2.75, 3.05) is 11.9 Å². The van der Waals surface area contributed by atoms with Gasteiger partial charge >= 0.3 is 0 Å². The lowest BCUT2D eigenvalue weighted by Gasteiger charge is -2.27. The van der Waals surface area contributed by atoms with Crippen LogP contribution in [0.1, 0.15) is 63.2 Å². The maximum absolute atomic E-state index is 12.3. The van der Waals surface area contributed by atoms with Gasteiger partial charge in [-0.25, -0.2) is 0 Å². The smallest absolute Gasteiger partial charge is 0.236 e. The molecule has 0 radical (unpaired) electrons. The Morgan fingerprint density at radius 2 is 1.90 bits per heavy atom. The number of anilines is 1. The van der Waals surface area contributed by atoms with Gasteiger partial charge in [0.25, 0.3) is 0 Å². The van der Waals surface area contributed by atoms with Gasteiger partial charge in [-0.05, 0) is 49.8 Å². The van der Waals surface area contributed by atoms with Crippen LogP contribution in [0.15, 0.2) is 18.2 Å². The molecule has 1 aliphatic heterocycles. The van der Waals surface area contributed by atoms with Crippen molar-refractivity contribution in [2.24, 2.45) is 5.92 Å². The van der Waals surface area contributed by atoms with Crippen molar-refractivity contribution < 1.29 is 9.90 Å². The molecule has 1 atom stereocenters. The van der Waals surface area contributed by atoms with E-state index < -0.39 is 11.5 Å². The van der Waals surface area contributed by atoms with Gasteiger partial charge in [0, 0.05) is 12.7 Å².